The molecule has 0 aliphatic heterocycles. The Morgan fingerprint density at radius 1 is 1.23 bits per heavy atom. The SMILES string of the molecule is CC(O)(CNCc1cnn(-c2ccccc2)c1)c1ccco1. The van der Waals surface area contributed by atoms with Gasteiger partial charge in [0.1, 0.15) is 11.4 Å². The van der Waals surface area contributed by atoms with E-state index in [2.05, 4.69) is 10.4 Å². The van der Waals surface area contributed by atoms with Gasteiger partial charge in [0, 0.05) is 24.8 Å². The van der Waals surface area contributed by atoms with Crippen LogP contribution in [0.3, 0.4) is 0 Å². The van der Waals surface area contributed by atoms with Gasteiger partial charge in [0.05, 0.1) is 18.1 Å². The van der Waals surface area contributed by atoms with Crippen molar-refractivity contribution in [1.29, 1.82) is 0 Å². The summed E-state index contributed by atoms with van der Waals surface area (Å²) in [6.45, 7) is 2.76. The van der Waals surface area contributed by atoms with Crippen LogP contribution in [0.4, 0.5) is 0 Å². The van der Waals surface area contributed by atoms with Gasteiger partial charge in [0.25, 0.3) is 0 Å². The normalized spacial score (nSPS) is 13.9. The number of nitrogens with zero attached hydrogens (tertiary/aromatic N) is 2. The summed E-state index contributed by atoms with van der Waals surface area (Å²) in [4.78, 5) is 0. The molecule has 1 aromatic carbocycles. The maximum Gasteiger partial charge on any atom is 0.136 e. The minimum absolute atomic E-state index is 0.400. The minimum Gasteiger partial charge on any atom is -0.466 e. The van der Waals surface area contributed by atoms with Crippen LogP contribution in [0.15, 0.2) is 65.5 Å². The van der Waals surface area contributed by atoms with Crippen molar-refractivity contribution in [3.8, 4) is 5.69 Å². The Hall–Kier alpha value is -2.37. The molecule has 0 bridgehead atoms. The van der Waals surface area contributed by atoms with Crippen molar-refractivity contribution < 1.29 is 9.52 Å². The number of furan rings is 1. The molecule has 0 amide bonds. The first kappa shape index (κ1) is 14.6. The van der Waals surface area contributed by atoms with Crippen LogP contribution >= 0.6 is 0 Å². The monoisotopic (exact) mass is 297 g/mol. The first-order valence-corrected chi connectivity index (χ1v) is 7.21. The Kier molecular flexibility index (Phi) is 4.09. The van der Waals surface area contributed by atoms with Crippen LogP contribution in [-0.4, -0.2) is 21.4 Å². The van der Waals surface area contributed by atoms with Crippen molar-refractivity contribution in [3.63, 3.8) is 0 Å². The third kappa shape index (κ3) is 3.27. The van der Waals surface area contributed by atoms with E-state index in [-0.39, 0.29) is 0 Å². The number of aromatic nitrogens is 2. The van der Waals surface area contributed by atoms with Gasteiger partial charge in [0.2, 0.25) is 0 Å². The van der Waals surface area contributed by atoms with Gasteiger partial charge >= 0.3 is 0 Å². The molecule has 0 saturated carbocycles. The molecule has 1 atom stereocenters. The Labute approximate surface area is 129 Å². The summed E-state index contributed by atoms with van der Waals surface area (Å²) in [5.41, 5.74) is 1.05. The summed E-state index contributed by atoms with van der Waals surface area (Å²) in [5, 5.41) is 17.9. The molecule has 0 aliphatic rings. The zero-order chi connectivity index (χ0) is 15.4. The lowest BCUT2D eigenvalue weighted by atomic mass is 10.0. The Balaban J connectivity index is 1.58. The second-order valence-corrected chi connectivity index (χ2v) is 5.48. The molecule has 114 valence electrons. The van der Waals surface area contributed by atoms with E-state index in [9.17, 15) is 5.11 Å². The lowest BCUT2D eigenvalue weighted by Crippen LogP contribution is -2.34. The van der Waals surface area contributed by atoms with E-state index in [4.69, 9.17) is 4.42 Å². The maximum absolute atomic E-state index is 10.4. The lowest BCUT2D eigenvalue weighted by Gasteiger charge is -2.20. The topological polar surface area (TPSA) is 63.2 Å². The summed E-state index contributed by atoms with van der Waals surface area (Å²) in [6.07, 6.45) is 5.36. The maximum atomic E-state index is 10.4. The molecule has 22 heavy (non-hydrogen) atoms. The molecule has 5 heteroatoms. The van der Waals surface area contributed by atoms with E-state index in [0.29, 0.717) is 18.8 Å². The minimum atomic E-state index is -1.03. The second kappa shape index (κ2) is 6.17. The number of nitrogens with one attached hydrogen (secondary N) is 1. The summed E-state index contributed by atoms with van der Waals surface area (Å²) < 4.78 is 7.09. The number of hydrogen-bond acceptors (Lipinski definition) is 4. The molecule has 2 heterocycles. The highest BCUT2D eigenvalue weighted by atomic mass is 16.4. The molecule has 5 nitrogen and oxygen atoms in total. The van der Waals surface area contributed by atoms with E-state index >= 15 is 0 Å². The van der Waals surface area contributed by atoms with Gasteiger partial charge in [-0.05, 0) is 31.2 Å². The third-order valence-corrected chi connectivity index (χ3v) is 3.51. The lowest BCUT2D eigenvalue weighted by molar-refractivity contribution is 0.0340. The number of aliphatic hydroxyl groups is 1. The van der Waals surface area contributed by atoms with Gasteiger partial charge in [-0.2, -0.15) is 5.10 Å². The summed E-state index contributed by atoms with van der Waals surface area (Å²) in [6, 6.07) is 13.5. The number of hydrogen-bond donors (Lipinski definition) is 2. The smallest absolute Gasteiger partial charge is 0.136 e. The first-order chi connectivity index (χ1) is 10.6. The van der Waals surface area contributed by atoms with Crippen molar-refractivity contribution in [1.82, 2.24) is 15.1 Å². The molecule has 2 N–H and O–H groups in total. The van der Waals surface area contributed by atoms with Crippen LogP contribution in [0.1, 0.15) is 18.2 Å². The molecular weight excluding hydrogens is 278 g/mol. The fraction of sp³-hybridized carbons (Fsp3) is 0.235. The molecule has 1 unspecified atom stereocenters. The van der Waals surface area contributed by atoms with E-state index < -0.39 is 5.60 Å². The van der Waals surface area contributed by atoms with Crippen LogP contribution in [0, 0.1) is 0 Å². The fourth-order valence-electron chi connectivity index (χ4n) is 2.30. The Morgan fingerprint density at radius 2 is 2.05 bits per heavy atom. The van der Waals surface area contributed by atoms with Crippen LogP contribution in [-0.2, 0) is 12.1 Å². The average molecular weight is 297 g/mol. The number of para-hydroxylation sites is 1. The Morgan fingerprint density at radius 3 is 2.77 bits per heavy atom. The first-order valence-electron chi connectivity index (χ1n) is 7.21. The predicted octanol–water partition coefficient (Wildman–Crippen LogP) is 2.46. The van der Waals surface area contributed by atoms with Crippen LogP contribution in [0.5, 0.6) is 0 Å². The van der Waals surface area contributed by atoms with Crippen LogP contribution in [0.2, 0.25) is 0 Å². The van der Waals surface area contributed by atoms with Gasteiger partial charge in [-0.15, -0.1) is 0 Å². The van der Waals surface area contributed by atoms with E-state index in [1.54, 1.807) is 25.3 Å². The molecule has 0 radical (unpaired) electrons. The number of benzene rings is 1. The summed E-state index contributed by atoms with van der Waals surface area (Å²) in [5.74, 6) is 0.556. The van der Waals surface area contributed by atoms with Crippen molar-refractivity contribution in [3.05, 3.63) is 72.4 Å². The molecular formula is C17H19N3O2. The highest BCUT2D eigenvalue weighted by Crippen LogP contribution is 2.19. The van der Waals surface area contributed by atoms with Crippen molar-refractivity contribution in [2.45, 2.75) is 19.1 Å². The van der Waals surface area contributed by atoms with Crippen molar-refractivity contribution >= 4 is 0 Å². The molecule has 0 spiro atoms. The summed E-state index contributed by atoms with van der Waals surface area (Å²) in [7, 11) is 0. The van der Waals surface area contributed by atoms with Crippen molar-refractivity contribution in [2.24, 2.45) is 0 Å². The average Bonchev–Trinajstić information content (AvgIpc) is 3.20. The zero-order valence-corrected chi connectivity index (χ0v) is 12.4. The molecule has 3 rings (SSSR count). The number of rotatable bonds is 6. The quantitative estimate of drug-likeness (QED) is 0.733. The van der Waals surface area contributed by atoms with Gasteiger partial charge in [0.15, 0.2) is 0 Å². The van der Waals surface area contributed by atoms with E-state index in [0.717, 1.165) is 11.3 Å². The highest BCUT2D eigenvalue weighted by Gasteiger charge is 2.25. The standard InChI is InChI=1S/C17H19N3O2/c1-17(21,16-8-5-9-22-16)13-18-10-14-11-19-20(12-14)15-6-3-2-4-7-15/h2-9,11-12,18,21H,10,13H2,1H3. The van der Waals surface area contributed by atoms with Gasteiger partial charge in [-0.25, -0.2) is 4.68 Å². The van der Waals surface area contributed by atoms with E-state index in [1.807, 2.05) is 47.4 Å². The van der Waals surface area contributed by atoms with Crippen LogP contribution < -0.4 is 5.32 Å². The predicted molar refractivity (Wildman–Crippen MR) is 83.5 cm³/mol. The molecule has 3 aromatic rings. The van der Waals surface area contributed by atoms with E-state index in [1.165, 1.54) is 0 Å². The third-order valence-electron chi connectivity index (χ3n) is 3.51. The summed E-state index contributed by atoms with van der Waals surface area (Å²) >= 11 is 0. The largest absolute Gasteiger partial charge is 0.466 e. The second-order valence-electron chi connectivity index (χ2n) is 5.48. The highest BCUT2D eigenvalue weighted by molar-refractivity contribution is 5.30. The molecule has 2 aromatic heterocycles. The fourth-order valence-corrected chi connectivity index (χ4v) is 2.30. The molecule has 0 aliphatic carbocycles. The zero-order valence-electron chi connectivity index (χ0n) is 12.4. The van der Waals surface area contributed by atoms with Crippen LogP contribution in [0.25, 0.3) is 5.69 Å². The van der Waals surface area contributed by atoms with Gasteiger partial charge in [-0.3, -0.25) is 0 Å². The molecule has 0 saturated heterocycles. The molecule has 0 fully saturated rings. The van der Waals surface area contributed by atoms with Gasteiger partial charge < -0.3 is 14.8 Å². The van der Waals surface area contributed by atoms with Gasteiger partial charge in [-0.1, -0.05) is 18.2 Å². The van der Waals surface area contributed by atoms with Crippen molar-refractivity contribution in [2.75, 3.05) is 6.54 Å². The Bertz CT molecular complexity index is 703.